The van der Waals surface area contributed by atoms with E-state index >= 15 is 0 Å². The summed E-state index contributed by atoms with van der Waals surface area (Å²) in [4.78, 5) is 3.94. The van der Waals surface area contributed by atoms with Crippen LogP contribution in [0.1, 0.15) is 18.5 Å². The summed E-state index contributed by atoms with van der Waals surface area (Å²) in [6.07, 6.45) is 3.25. The molecule has 4 heteroatoms. The summed E-state index contributed by atoms with van der Waals surface area (Å²) in [7, 11) is 0. The van der Waals surface area contributed by atoms with Crippen LogP contribution in [-0.4, -0.2) is 4.98 Å². The molecular weight excluding hydrogens is 219 g/mol. The van der Waals surface area contributed by atoms with Crippen molar-refractivity contribution in [3.63, 3.8) is 0 Å². The van der Waals surface area contributed by atoms with Gasteiger partial charge in [-0.05, 0) is 37.3 Å². The third-order valence-corrected chi connectivity index (χ3v) is 2.32. The average Bonchev–Trinajstić information content (AvgIpc) is 2.32. The Labute approximate surface area is 99.1 Å². The lowest BCUT2D eigenvalue weighted by Crippen LogP contribution is -2.07. The Morgan fingerprint density at radius 2 is 2.18 bits per heavy atom. The highest BCUT2D eigenvalue weighted by Crippen LogP contribution is 2.28. The predicted molar refractivity (Wildman–Crippen MR) is 63.3 cm³/mol. The van der Waals surface area contributed by atoms with Crippen LogP contribution in [0.5, 0.6) is 11.5 Å². The van der Waals surface area contributed by atoms with Crippen LogP contribution in [0.3, 0.4) is 0 Å². The van der Waals surface area contributed by atoms with Crippen molar-refractivity contribution in [2.45, 2.75) is 13.0 Å². The Balaban J connectivity index is 2.33. The smallest absolute Gasteiger partial charge is 0.145 e. The molecule has 88 valence electrons. The summed E-state index contributed by atoms with van der Waals surface area (Å²) in [5, 5.41) is 0. The minimum absolute atomic E-state index is 0.294. The lowest BCUT2D eigenvalue weighted by molar-refractivity contribution is 0.467. The number of halogens is 1. The predicted octanol–water partition coefficient (Wildman–Crippen LogP) is 3.03. The number of rotatable bonds is 3. The molecule has 3 nitrogen and oxygen atoms in total. The molecule has 0 unspecified atom stereocenters. The summed E-state index contributed by atoms with van der Waals surface area (Å²) in [5.41, 5.74) is 6.41. The molecule has 0 aliphatic heterocycles. The lowest BCUT2D eigenvalue weighted by Gasteiger charge is -2.13. The van der Waals surface area contributed by atoms with Gasteiger partial charge < -0.3 is 10.5 Å². The van der Waals surface area contributed by atoms with Gasteiger partial charge in [-0.25, -0.2) is 4.39 Å². The first-order valence-corrected chi connectivity index (χ1v) is 5.30. The Morgan fingerprint density at radius 3 is 2.82 bits per heavy atom. The van der Waals surface area contributed by atoms with E-state index in [1.54, 1.807) is 37.5 Å². The van der Waals surface area contributed by atoms with E-state index in [0.717, 1.165) is 0 Å². The standard InChI is InChI=1S/C13H13FN2O/c1-9(15)12-7-10(14)4-5-13(12)17-11-3-2-6-16-8-11/h2-9H,15H2,1H3/t9-/m1/s1. The molecule has 0 fully saturated rings. The molecule has 0 radical (unpaired) electrons. The number of nitrogens with two attached hydrogens (primary N) is 1. The van der Waals surface area contributed by atoms with Gasteiger partial charge in [-0.2, -0.15) is 0 Å². The quantitative estimate of drug-likeness (QED) is 0.884. The zero-order chi connectivity index (χ0) is 12.3. The summed E-state index contributed by atoms with van der Waals surface area (Å²) < 4.78 is 18.7. The second kappa shape index (κ2) is 4.93. The molecule has 0 bridgehead atoms. The number of hydrogen-bond donors (Lipinski definition) is 1. The van der Waals surface area contributed by atoms with Crippen LogP contribution in [0.4, 0.5) is 4.39 Å². The van der Waals surface area contributed by atoms with Gasteiger partial charge in [0, 0.05) is 17.8 Å². The van der Waals surface area contributed by atoms with E-state index in [1.807, 2.05) is 0 Å². The van der Waals surface area contributed by atoms with Crippen LogP contribution in [-0.2, 0) is 0 Å². The van der Waals surface area contributed by atoms with Crippen molar-refractivity contribution in [1.29, 1.82) is 0 Å². The van der Waals surface area contributed by atoms with Crippen molar-refractivity contribution < 1.29 is 9.13 Å². The molecule has 0 aliphatic carbocycles. The Bertz CT molecular complexity index is 500. The van der Waals surface area contributed by atoms with Crippen LogP contribution in [0.25, 0.3) is 0 Å². The van der Waals surface area contributed by atoms with Crippen LogP contribution in [0.2, 0.25) is 0 Å². The largest absolute Gasteiger partial charge is 0.455 e. The molecule has 2 N–H and O–H groups in total. The van der Waals surface area contributed by atoms with E-state index in [4.69, 9.17) is 10.5 Å². The average molecular weight is 232 g/mol. The van der Waals surface area contributed by atoms with Gasteiger partial charge in [0.2, 0.25) is 0 Å². The van der Waals surface area contributed by atoms with Gasteiger partial charge in [-0.3, -0.25) is 4.98 Å². The summed E-state index contributed by atoms with van der Waals surface area (Å²) in [6, 6.07) is 7.55. The monoisotopic (exact) mass is 232 g/mol. The molecule has 1 heterocycles. The first kappa shape index (κ1) is 11.5. The fourth-order valence-corrected chi connectivity index (χ4v) is 1.50. The minimum Gasteiger partial charge on any atom is -0.455 e. The van der Waals surface area contributed by atoms with E-state index in [-0.39, 0.29) is 11.9 Å². The Kier molecular flexibility index (Phi) is 3.35. The van der Waals surface area contributed by atoms with Gasteiger partial charge in [-0.1, -0.05) is 0 Å². The Hall–Kier alpha value is -1.94. The molecule has 1 aromatic carbocycles. The first-order valence-electron chi connectivity index (χ1n) is 5.30. The van der Waals surface area contributed by atoms with Gasteiger partial charge in [0.1, 0.15) is 17.3 Å². The van der Waals surface area contributed by atoms with Gasteiger partial charge >= 0.3 is 0 Å². The summed E-state index contributed by atoms with van der Waals surface area (Å²) in [6.45, 7) is 1.78. The number of nitrogens with zero attached hydrogens (tertiary/aromatic N) is 1. The second-order valence-electron chi connectivity index (χ2n) is 3.76. The first-order chi connectivity index (χ1) is 8.16. The number of ether oxygens (including phenoxy) is 1. The molecule has 0 saturated carbocycles. The van der Waals surface area contributed by atoms with Crippen molar-refractivity contribution in [3.05, 3.63) is 54.1 Å². The fourth-order valence-electron chi connectivity index (χ4n) is 1.50. The lowest BCUT2D eigenvalue weighted by atomic mass is 10.1. The van der Waals surface area contributed by atoms with Gasteiger partial charge in [0.25, 0.3) is 0 Å². The van der Waals surface area contributed by atoms with Crippen LogP contribution < -0.4 is 10.5 Å². The van der Waals surface area contributed by atoms with E-state index in [0.29, 0.717) is 17.1 Å². The van der Waals surface area contributed by atoms with E-state index < -0.39 is 0 Å². The normalized spacial score (nSPS) is 12.2. The SMILES string of the molecule is C[C@@H](N)c1cc(F)ccc1Oc1cccnc1. The second-order valence-corrected chi connectivity index (χ2v) is 3.76. The van der Waals surface area contributed by atoms with Crippen LogP contribution in [0.15, 0.2) is 42.7 Å². The Morgan fingerprint density at radius 1 is 1.35 bits per heavy atom. The van der Waals surface area contributed by atoms with Gasteiger partial charge in [0.05, 0.1) is 6.20 Å². The maximum Gasteiger partial charge on any atom is 0.145 e. The van der Waals surface area contributed by atoms with Crippen molar-refractivity contribution in [2.75, 3.05) is 0 Å². The zero-order valence-corrected chi connectivity index (χ0v) is 9.43. The van der Waals surface area contributed by atoms with E-state index in [1.165, 1.54) is 12.1 Å². The van der Waals surface area contributed by atoms with E-state index in [2.05, 4.69) is 4.98 Å². The number of aromatic nitrogens is 1. The third-order valence-electron chi connectivity index (χ3n) is 2.32. The molecule has 0 saturated heterocycles. The molecule has 17 heavy (non-hydrogen) atoms. The topological polar surface area (TPSA) is 48.1 Å². The molecule has 1 atom stereocenters. The molecule has 2 rings (SSSR count). The van der Waals surface area contributed by atoms with Crippen LogP contribution >= 0.6 is 0 Å². The highest BCUT2D eigenvalue weighted by molar-refractivity contribution is 5.39. The highest BCUT2D eigenvalue weighted by Gasteiger charge is 2.10. The van der Waals surface area contributed by atoms with Gasteiger partial charge in [0.15, 0.2) is 0 Å². The molecule has 0 amide bonds. The minimum atomic E-state index is -0.323. The molecule has 0 spiro atoms. The van der Waals surface area contributed by atoms with Crippen molar-refractivity contribution >= 4 is 0 Å². The van der Waals surface area contributed by atoms with Crippen LogP contribution in [0, 0.1) is 5.82 Å². The molecule has 1 aromatic heterocycles. The number of hydrogen-bond acceptors (Lipinski definition) is 3. The molecular formula is C13H13FN2O. The van der Waals surface area contributed by atoms with Crippen molar-refractivity contribution in [3.8, 4) is 11.5 Å². The third kappa shape index (κ3) is 2.79. The summed E-state index contributed by atoms with van der Waals surface area (Å²) in [5.74, 6) is 0.825. The van der Waals surface area contributed by atoms with Gasteiger partial charge in [-0.15, -0.1) is 0 Å². The van der Waals surface area contributed by atoms with Crippen molar-refractivity contribution in [1.82, 2.24) is 4.98 Å². The summed E-state index contributed by atoms with van der Waals surface area (Å²) >= 11 is 0. The zero-order valence-electron chi connectivity index (χ0n) is 9.43. The van der Waals surface area contributed by atoms with Crippen molar-refractivity contribution in [2.24, 2.45) is 5.73 Å². The van der Waals surface area contributed by atoms with E-state index in [9.17, 15) is 4.39 Å². The maximum absolute atomic E-state index is 13.1. The highest BCUT2D eigenvalue weighted by atomic mass is 19.1. The number of pyridine rings is 1. The molecule has 2 aromatic rings. The number of benzene rings is 1. The molecule has 0 aliphatic rings. The maximum atomic E-state index is 13.1. The fraction of sp³-hybridized carbons (Fsp3) is 0.154.